The third kappa shape index (κ3) is 3.25. The van der Waals surface area contributed by atoms with E-state index in [0.29, 0.717) is 11.4 Å². The molecule has 2 aromatic carbocycles. The summed E-state index contributed by atoms with van der Waals surface area (Å²) in [4.78, 5) is 18.9. The number of amides is 1. The smallest absolute Gasteiger partial charge is 0.283 e. The van der Waals surface area contributed by atoms with E-state index in [9.17, 15) is 9.90 Å². The Balaban J connectivity index is 1.89. The zero-order valence-electron chi connectivity index (χ0n) is 12.8. The van der Waals surface area contributed by atoms with Gasteiger partial charge in [0, 0.05) is 13.7 Å². The lowest BCUT2D eigenvalue weighted by Crippen LogP contribution is -2.31. The Morgan fingerprint density at radius 2 is 1.87 bits per heavy atom. The molecule has 0 radical (unpaired) electrons. The van der Waals surface area contributed by atoms with E-state index in [0.717, 1.165) is 15.8 Å². The molecule has 3 aromatic rings. The second-order valence-electron chi connectivity index (χ2n) is 5.34. The highest BCUT2D eigenvalue weighted by Crippen LogP contribution is 2.27. The Morgan fingerprint density at radius 3 is 2.57 bits per heavy atom. The molecule has 0 saturated carbocycles. The van der Waals surface area contributed by atoms with Gasteiger partial charge in [-0.1, -0.05) is 42.5 Å². The van der Waals surface area contributed by atoms with Gasteiger partial charge >= 0.3 is 0 Å². The number of thiazole rings is 1. The lowest BCUT2D eigenvalue weighted by atomic mass is 10.0. The zero-order chi connectivity index (χ0) is 16.2. The molecule has 1 unspecified atom stereocenters. The highest BCUT2D eigenvalue weighted by Gasteiger charge is 2.24. The number of carbonyl (C=O) groups excluding carboxylic acids is 1. The van der Waals surface area contributed by atoms with Gasteiger partial charge in [-0.25, -0.2) is 4.98 Å². The lowest BCUT2D eigenvalue weighted by molar-refractivity contribution is 0.0705. The molecule has 1 atom stereocenters. The number of nitrogens with zero attached hydrogens (tertiary/aromatic N) is 2. The molecule has 0 aliphatic heterocycles. The summed E-state index contributed by atoms with van der Waals surface area (Å²) in [6.45, 7) is 0.0248. The molecule has 0 fully saturated rings. The summed E-state index contributed by atoms with van der Waals surface area (Å²) in [5.74, 6) is -0.117. The first-order valence-electron chi connectivity index (χ1n) is 7.49. The molecule has 118 valence electrons. The first kappa shape index (κ1) is 15.6. The number of aromatic nitrogens is 1. The predicted octanol–water partition coefficient (Wildman–Crippen LogP) is 3.49. The van der Waals surface area contributed by atoms with Crippen LogP contribution >= 0.6 is 11.3 Å². The third-order valence-electron chi connectivity index (χ3n) is 3.85. The van der Waals surface area contributed by atoms with E-state index in [4.69, 9.17) is 0 Å². The second kappa shape index (κ2) is 6.89. The number of carbonyl (C=O) groups is 1. The summed E-state index contributed by atoms with van der Waals surface area (Å²) in [7, 11) is 1.77. The molecule has 1 amide bonds. The van der Waals surface area contributed by atoms with E-state index >= 15 is 0 Å². The van der Waals surface area contributed by atoms with Crippen LogP contribution in [0, 0.1) is 0 Å². The van der Waals surface area contributed by atoms with Gasteiger partial charge in [0.2, 0.25) is 0 Å². The lowest BCUT2D eigenvalue weighted by Gasteiger charge is -2.27. The summed E-state index contributed by atoms with van der Waals surface area (Å²) >= 11 is 1.40. The monoisotopic (exact) mass is 326 g/mol. The van der Waals surface area contributed by atoms with Crippen molar-refractivity contribution in [2.45, 2.75) is 12.5 Å². The molecule has 1 aromatic heterocycles. The van der Waals surface area contributed by atoms with E-state index in [1.165, 1.54) is 11.3 Å². The Bertz CT molecular complexity index is 768. The highest BCUT2D eigenvalue weighted by atomic mass is 32.1. The number of fused-ring (bicyclic) bond motifs is 1. The van der Waals surface area contributed by atoms with E-state index in [1.54, 1.807) is 11.9 Å². The van der Waals surface area contributed by atoms with Crippen LogP contribution in [0.3, 0.4) is 0 Å². The first-order valence-corrected chi connectivity index (χ1v) is 8.31. The van der Waals surface area contributed by atoms with Crippen molar-refractivity contribution in [3.05, 3.63) is 65.2 Å². The molecule has 0 spiro atoms. The van der Waals surface area contributed by atoms with Crippen molar-refractivity contribution >= 4 is 27.5 Å². The van der Waals surface area contributed by atoms with Crippen LogP contribution in [-0.4, -0.2) is 34.6 Å². The molecule has 0 aliphatic carbocycles. The van der Waals surface area contributed by atoms with Crippen LogP contribution in [0.5, 0.6) is 0 Å². The van der Waals surface area contributed by atoms with Crippen molar-refractivity contribution in [3.63, 3.8) is 0 Å². The zero-order valence-corrected chi connectivity index (χ0v) is 13.7. The molecular formula is C18H18N2O2S. The van der Waals surface area contributed by atoms with Gasteiger partial charge in [0.15, 0.2) is 5.01 Å². The predicted molar refractivity (Wildman–Crippen MR) is 92.6 cm³/mol. The average molecular weight is 326 g/mol. The Kier molecular flexibility index (Phi) is 4.69. The van der Waals surface area contributed by atoms with Crippen LogP contribution < -0.4 is 0 Å². The van der Waals surface area contributed by atoms with Crippen molar-refractivity contribution in [1.29, 1.82) is 0 Å². The molecule has 5 heteroatoms. The normalized spacial score (nSPS) is 12.3. The standard InChI is InChI=1S/C18H18N2O2S/c1-20(15(11-12-21)13-7-3-2-4-8-13)18(22)17-19-14-9-5-6-10-16(14)23-17/h2-10,15,21H,11-12H2,1H3. The van der Waals surface area contributed by atoms with Gasteiger partial charge in [-0.2, -0.15) is 0 Å². The molecule has 0 aliphatic rings. The molecule has 23 heavy (non-hydrogen) atoms. The largest absolute Gasteiger partial charge is 0.396 e. The van der Waals surface area contributed by atoms with Crippen LogP contribution in [0.1, 0.15) is 27.8 Å². The van der Waals surface area contributed by atoms with Gasteiger partial charge in [0.05, 0.1) is 16.3 Å². The number of hydrogen-bond donors (Lipinski definition) is 1. The van der Waals surface area contributed by atoms with Crippen LogP contribution in [0.2, 0.25) is 0 Å². The molecule has 1 N–H and O–H groups in total. The number of aliphatic hydroxyl groups excluding tert-OH is 1. The van der Waals surface area contributed by atoms with Crippen LogP contribution in [0.4, 0.5) is 0 Å². The number of para-hydroxylation sites is 1. The number of rotatable bonds is 5. The summed E-state index contributed by atoms with van der Waals surface area (Å²) < 4.78 is 1.00. The Hall–Kier alpha value is -2.24. The van der Waals surface area contributed by atoms with Crippen molar-refractivity contribution in [2.24, 2.45) is 0 Å². The van der Waals surface area contributed by atoms with E-state index in [1.807, 2.05) is 54.6 Å². The van der Waals surface area contributed by atoms with Crippen molar-refractivity contribution in [2.75, 3.05) is 13.7 Å². The van der Waals surface area contributed by atoms with Crippen molar-refractivity contribution in [3.8, 4) is 0 Å². The number of aliphatic hydroxyl groups is 1. The Morgan fingerprint density at radius 1 is 1.17 bits per heavy atom. The van der Waals surface area contributed by atoms with E-state index < -0.39 is 0 Å². The maximum atomic E-state index is 12.8. The summed E-state index contributed by atoms with van der Waals surface area (Å²) in [6.07, 6.45) is 0.497. The fraction of sp³-hybridized carbons (Fsp3) is 0.222. The second-order valence-corrected chi connectivity index (χ2v) is 6.37. The number of hydrogen-bond acceptors (Lipinski definition) is 4. The van der Waals surface area contributed by atoms with Gasteiger partial charge < -0.3 is 10.0 Å². The summed E-state index contributed by atoms with van der Waals surface area (Å²) in [6, 6.07) is 17.3. The minimum atomic E-state index is -0.166. The van der Waals surface area contributed by atoms with Crippen molar-refractivity contribution in [1.82, 2.24) is 9.88 Å². The minimum Gasteiger partial charge on any atom is -0.396 e. The van der Waals surface area contributed by atoms with Gasteiger partial charge in [-0.15, -0.1) is 11.3 Å². The SMILES string of the molecule is CN(C(=O)c1nc2ccccc2s1)C(CCO)c1ccccc1. The molecule has 0 saturated heterocycles. The molecule has 1 heterocycles. The molecule has 0 bridgehead atoms. The summed E-state index contributed by atoms with van der Waals surface area (Å²) in [5.41, 5.74) is 1.85. The molecule has 4 nitrogen and oxygen atoms in total. The van der Waals surface area contributed by atoms with Crippen LogP contribution in [-0.2, 0) is 0 Å². The maximum absolute atomic E-state index is 12.8. The van der Waals surface area contributed by atoms with Gasteiger partial charge in [0.1, 0.15) is 0 Å². The third-order valence-corrected chi connectivity index (χ3v) is 4.88. The Labute approximate surface area is 139 Å². The fourth-order valence-corrected chi connectivity index (χ4v) is 3.59. The quantitative estimate of drug-likeness (QED) is 0.781. The van der Waals surface area contributed by atoms with Crippen molar-refractivity contribution < 1.29 is 9.90 Å². The molecular weight excluding hydrogens is 308 g/mol. The molecule has 3 rings (SSSR count). The summed E-state index contributed by atoms with van der Waals surface area (Å²) in [5, 5.41) is 9.84. The average Bonchev–Trinajstić information content (AvgIpc) is 3.03. The van der Waals surface area contributed by atoms with Gasteiger partial charge in [-0.3, -0.25) is 4.79 Å². The van der Waals surface area contributed by atoms with Gasteiger partial charge in [-0.05, 0) is 24.1 Å². The topological polar surface area (TPSA) is 53.4 Å². The fourth-order valence-electron chi connectivity index (χ4n) is 2.64. The minimum absolute atomic E-state index is 0.0248. The van der Waals surface area contributed by atoms with Crippen LogP contribution in [0.15, 0.2) is 54.6 Å². The highest BCUT2D eigenvalue weighted by molar-refractivity contribution is 7.20. The van der Waals surface area contributed by atoms with E-state index in [2.05, 4.69) is 4.98 Å². The number of benzene rings is 2. The van der Waals surface area contributed by atoms with Crippen LogP contribution in [0.25, 0.3) is 10.2 Å². The van der Waals surface area contributed by atoms with E-state index in [-0.39, 0.29) is 18.6 Å². The van der Waals surface area contributed by atoms with Gasteiger partial charge in [0.25, 0.3) is 5.91 Å². The maximum Gasteiger partial charge on any atom is 0.283 e. The first-order chi connectivity index (χ1) is 11.2.